The Balaban J connectivity index is 1.77. The molecule has 3 rings (SSSR count). The summed E-state index contributed by atoms with van der Waals surface area (Å²) in [5.41, 5.74) is 2.26. The van der Waals surface area contributed by atoms with Gasteiger partial charge in [-0.1, -0.05) is 36.4 Å². The summed E-state index contributed by atoms with van der Waals surface area (Å²) >= 11 is 0. The lowest BCUT2D eigenvalue weighted by Crippen LogP contribution is -2.25. The van der Waals surface area contributed by atoms with Crippen LogP contribution in [0.2, 0.25) is 0 Å². The van der Waals surface area contributed by atoms with Crippen LogP contribution >= 0.6 is 0 Å². The predicted molar refractivity (Wildman–Crippen MR) is 97.1 cm³/mol. The van der Waals surface area contributed by atoms with Gasteiger partial charge >= 0.3 is 6.03 Å². The van der Waals surface area contributed by atoms with Crippen LogP contribution in [-0.2, 0) is 6.42 Å². The zero-order valence-corrected chi connectivity index (χ0v) is 14.9. The van der Waals surface area contributed by atoms with Crippen molar-refractivity contribution in [2.75, 3.05) is 20.7 Å². The standard InChI is InChI=1S/C20H24N2O3/c1-14(11-15-7-5-4-6-8-15)25-19-12-16(9-10-18(19)24-3)17-13-21-20(23)22(17)2/h4-10,12,14,17H,11,13H2,1-3H3,(H,21,23). The van der Waals surface area contributed by atoms with Crippen LogP contribution in [-0.4, -0.2) is 37.7 Å². The van der Waals surface area contributed by atoms with E-state index in [0.717, 1.165) is 12.0 Å². The van der Waals surface area contributed by atoms with Crippen molar-refractivity contribution < 1.29 is 14.3 Å². The number of carbonyl (C=O) groups excluding carboxylic acids is 1. The molecule has 25 heavy (non-hydrogen) atoms. The van der Waals surface area contributed by atoms with Crippen molar-refractivity contribution in [1.82, 2.24) is 10.2 Å². The number of methoxy groups -OCH3 is 1. The number of urea groups is 1. The van der Waals surface area contributed by atoms with Crippen molar-refractivity contribution in [1.29, 1.82) is 0 Å². The molecule has 5 heteroatoms. The molecule has 0 radical (unpaired) electrons. The van der Waals surface area contributed by atoms with Crippen LogP contribution in [0.25, 0.3) is 0 Å². The van der Waals surface area contributed by atoms with Gasteiger partial charge in [0, 0.05) is 20.0 Å². The molecule has 1 heterocycles. The molecule has 0 bridgehead atoms. The summed E-state index contributed by atoms with van der Waals surface area (Å²) in [5.74, 6) is 1.40. The lowest BCUT2D eigenvalue weighted by Gasteiger charge is -2.21. The summed E-state index contributed by atoms with van der Waals surface area (Å²) in [6.07, 6.45) is 0.824. The first-order valence-corrected chi connectivity index (χ1v) is 8.47. The van der Waals surface area contributed by atoms with Crippen LogP contribution in [0.4, 0.5) is 4.79 Å². The first kappa shape index (κ1) is 17.1. The van der Waals surface area contributed by atoms with Gasteiger partial charge < -0.3 is 19.7 Å². The Hall–Kier alpha value is -2.69. The summed E-state index contributed by atoms with van der Waals surface area (Å²) in [4.78, 5) is 13.4. The highest BCUT2D eigenvalue weighted by molar-refractivity contribution is 5.77. The van der Waals surface area contributed by atoms with Crippen LogP contribution in [0, 0.1) is 0 Å². The molecule has 1 aliphatic rings. The third kappa shape index (κ3) is 3.87. The Bertz CT molecular complexity index is 733. The molecule has 1 saturated heterocycles. The monoisotopic (exact) mass is 340 g/mol. The zero-order chi connectivity index (χ0) is 17.8. The number of hydrogen-bond acceptors (Lipinski definition) is 3. The SMILES string of the molecule is COc1ccc(C2CNC(=O)N2C)cc1OC(C)Cc1ccccc1. The van der Waals surface area contributed by atoms with Gasteiger partial charge in [0.15, 0.2) is 11.5 Å². The number of nitrogens with zero attached hydrogens (tertiary/aromatic N) is 1. The van der Waals surface area contributed by atoms with Gasteiger partial charge in [0.2, 0.25) is 0 Å². The van der Waals surface area contributed by atoms with Gasteiger partial charge in [-0.15, -0.1) is 0 Å². The van der Waals surface area contributed by atoms with Gasteiger partial charge in [-0.2, -0.15) is 0 Å². The topological polar surface area (TPSA) is 50.8 Å². The Morgan fingerprint density at radius 1 is 1.20 bits per heavy atom. The Labute approximate surface area is 148 Å². The van der Waals surface area contributed by atoms with E-state index in [1.807, 2.05) is 43.3 Å². The quantitative estimate of drug-likeness (QED) is 0.877. The Morgan fingerprint density at radius 2 is 1.96 bits per heavy atom. The first-order chi connectivity index (χ1) is 12.1. The number of rotatable bonds is 6. The van der Waals surface area contributed by atoms with Gasteiger partial charge in [-0.05, 0) is 30.2 Å². The van der Waals surface area contributed by atoms with Crippen molar-refractivity contribution in [2.45, 2.75) is 25.5 Å². The number of ether oxygens (including phenoxy) is 2. The zero-order valence-electron chi connectivity index (χ0n) is 14.9. The lowest BCUT2D eigenvalue weighted by atomic mass is 10.1. The molecule has 2 aromatic carbocycles. The van der Waals surface area contributed by atoms with E-state index >= 15 is 0 Å². The minimum Gasteiger partial charge on any atom is -0.493 e. The molecule has 0 saturated carbocycles. The van der Waals surface area contributed by atoms with E-state index in [-0.39, 0.29) is 18.2 Å². The maximum Gasteiger partial charge on any atom is 0.317 e. The van der Waals surface area contributed by atoms with Crippen LogP contribution in [0.3, 0.4) is 0 Å². The van der Waals surface area contributed by atoms with Gasteiger partial charge in [-0.25, -0.2) is 4.79 Å². The molecule has 132 valence electrons. The average Bonchev–Trinajstić information content (AvgIpc) is 2.95. The van der Waals surface area contributed by atoms with Crippen molar-refractivity contribution in [3.63, 3.8) is 0 Å². The van der Waals surface area contributed by atoms with Crippen molar-refractivity contribution in [2.24, 2.45) is 0 Å². The van der Waals surface area contributed by atoms with Crippen molar-refractivity contribution in [3.8, 4) is 11.5 Å². The highest BCUT2D eigenvalue weighted by Crippen LogP contribution is 2.33. The van der Waals surface area contributed by atoms with Crippen LogP contribution in [0.15, 0.2) is 48.5 Å². The maximum atomic E-state index is 11.7. The summed E-state index contributed by atoms with van der Waals surface area (Å²) in [5, 5.41) is 2.85. The third-order valence-electron chi connectivity index (χ3n) is 4.50. The fourth-order valence-corrected chi connectivity index (χ4v) is 3.13. The molecule has 2 atom stereocenters. The normalized spacial score (nSPS) is 18.0. The molecule has 5 nitrogen and oxygen atoms in total. The van der Waals surface area contributed by atoms with E-state index in [2.05, 4.69) is 17.4 Å². The second-order valence-corrected chi connectivity index (χ2v) is 6.34. The first-order valence-electron chi connectivity index (χ1n) is 8.47. The molecule has 0 spiro atoms. The predicted octanol–water partition coefficient (Wildman–Crippen LogP) is 3.40. The number of likely N-dealkylation sites (N-methyl/N-ethyl adjacent to an activating group) is 1. The number of hydrogen-bond donors (Lipinski definition) is 1. The molecule has 1 N–H and O–H groups in total. The number of benzene rings is 2. The molecule has 0 aromatic heterocycles. The summed E-state index contributed by atoms with van der Waals surface area (Å²) < 4.78 is 11.6. The molecule has 1 aliphatic heterocycles. The van der Waals surface area contributed by atoms with E-state index in [9.17, 15) is 4.79 Å². The molecule has 1 fully saturated rings. The second kappa shape index (κ2) is 7.47. The summed E-state index contributed by atoms with van der Waals surface area (Å²) in [7, 11) is 3.44. The van der Waals surface area contributed by atoms with E-state index in [1.54, 1.807) is 19.1 Å². The second-order valence-electron chi connectivity index (χ2n) is 6.34. The van der Waals surface area contributed by atoms with E-state index in [0.29, 0.717) is 18.0 Å². The van der Waals surface area contributed by atoms with Gasteiger partial charge in [0.05, 0.1) is 13.2 Å². The van der Waals surface area contributed by atoms with Crippen LogP contribution in [0.1, 0.15) is 24.1 Å². The van der Waals surface area contributed by atoms with E-state index < -0.39 is 0 Å². The third-order valence-corrected chi connectivity index (χ3v) is 4.50. The fraction of sp³-hybridized carbons (Fsp3) is 0.350. The van der Waals surface area contributed by atoms with Crippen LogP contribution in [0.5, 0.6) is 11.5 Å². The molecular formula is C20H24N2O3. The Kier molecular flexibility index (Phi) is 5.12. The molecule has 0 aliphatic carbocycles. The molecular weight excluding hydrogens is 316 g/mol. The highest BCUT2D eigenvalue weighted by Gasteiger charge is 2.29. The summed E-state index contributed by atoms with van der Waals surface area (Å²) in [6.45, 7) is 2.65. The molecule has 2 amide bonds. The maximum absolute atomic E-state index is 11.7. The molecule has 2 unspecified atom stereocenters. The van der Waals surface area contributed by atoms with Gasteiger partial charge in [0.1, 0.15) is 6.10 Å². The molecule has 2 aromatic rings. The van der Waals surface area contributed by atoms with Crippen molar-refractivity contribution >= 4 is 6.03 Å². The Morgan fingerprint density at radius 3 is 2.60 bits per heavy atom. The minimum absolute atomic E-state index is 0.00480. The van der Waals surface area contributed by atoms with E-state index in [4.69, 9.17) is 9.47 Å². The van der Waals surface area contributed by atoms with Crippen molar-refractivity contribution in [3.05, 3.63) is 59.7 Å². The minimum atomic E-state index is -0.0549. The van der Waals surface area contributed by atoms with Crippen LogP contribution < -0.4 is 14.8 Å². The fourth-order valence-electron chi connectivity index (χ4n) is 3.13. The highest BCUT2D eigenvalue weighted by atomic mass is 16.5. The largest absolute Gasteiger partial charge is 0.493 e. The number of carbonyl (C=O) groups is 1. The van der Waals surface area contributed by atoms with Gasteiger partial charge in [-0.3, -0.25) is 0 Å². The number of nitrogens with one attached hydrogen (secondary N) is 1. The smallest absolute Gasteiger partial charge is 0.317 e. The van der Waals surface area contributed by atoms with E-state index in [1.165, 1.54) is 5.56 Å². The van der Waals surface area contributed by atoms with Gasteiger partial charge in [0.25, 0.3) is 0 Å². The summed E-state index contributed by atoms with van der Waals surface area (Å²) in [6, 6.07) is 16.1. The lowest BCUT2D eigenvalue weighted by molar-refractivity contribution is 0.209. The average molecular weight is 340 g/mol. The number of amides is 2.